The van der Waals surface area contributed by atoms with Gasteiger partial charge in [0.15, 0.2) is 0 Å². The Morgan fingerprint density at radius 2 is 1.56 bits per heavy atom. The molecule has 0 spiro atoms. The van der Waals surface area contributed by atoms with E-state index in [1.165, 1.54) is 5.56 Å². The third-order valence-corrected chi connectivity index (χ3v) is 6.32. The lowest BCUT2D eigenvalue weighted by molar-refractivity contribution is -0.949. The number of nitrogens with zero attached hydrogens (tertiary/aromatic N) is 1. The second-order valence-electron chi connectivity index (χ2n) is 7.71. The monoisotopic (exact) mass is 404 g/mol. The van der Waals surface area contributed by atoms with Gasteiger partial charge in [0.05, 0.1) is 25.7 Å². The number of quaternary nitrogens is 1. The van der Waals surface area contributed by atoms with Crippen LogP contribution in [0, 0.1) is 0 Å². The summed E-state index contributed by atoms with van der Waals surface area (Å²) in [4.78, 5) is 0. The first-order chi connectivity index (χ1) is 11.8. The SMILES string of the molecule is CC(C)[N+](C)(CCC(c1ccccc1)c1cc(Br)ccc1O)C(C)C. The van der Waals surface area contributed by atoms with Gasteiger partial charge in [0.1, 0.15) is 5.75 Å². The van der Waals surface area contributed by atoms with Gasteiger partial charge in [-0.2, -0.15) is 0 Å². The van der Waals surface area contributed by atoms with Gasteiger partial charge in [0.25, 0.3) is 0 Å². The summed E-state index contributed by atoms with van der Waals surface area (Å²) in [6, 6.07) is 17.4. The quantitative estimate of drug-likeness (QED) is 0.565. The lowest BCUT2D eigenvalue weighted by Crippen LogP contribution is -2.55. The van der Waals surface area contributed by atoms with Crippen LogP contribution in [-0.2, 0) is 0 Å². The van der Waals surface area contributed by atoms with Crippen molar-refractivity contribution in [1.29, 1.82) is 0 Å². The van der Waals surface area contributed by atoms with Gasteiger partial charge in [0, 0.05) is 22.4 Å². The number of aromatic hydroxyl groups is 1. The van der Waals surface area contributed by atoms with E-state index in [1.54, 1.807) is 6.07 Å². The van der Waals surface area contributed by atoms with E-state index in [9.17, 15) is 5.11 Å². The first kappa shape index (κ1) is 20.0. The molecule has 2 rings (SSSR count). The minimum absolute atomic E-state index is 0.189. The van der Waals surface area contributed by atoms with E-state index in [1.807, 2.05) is 12.1 Å². The number of phenols is 1. The number of phenolic OH excluding ortho intramolecular Hbond substituents is 1. The summed E-state index contributed by atoms with van der Waals surface area (Å²) in [5.41, 5.74) is 2.26. The van der Waals surface area contributed by atoms with Crippen LogP contribution < -0.4 is 0 Å². The zero-order valence-electron chi connectivity index (χ0n) is 16.0. The molecule has 0 saturated heterocycles. The molecule has 2 aromatic rings. The highest BCUT2D eigenvalue weighted by Gasteiger charge is 2.31. The fourth-order valence-electron chi connectivity index (χ4n) is 3.51. The summed E-state index contributed by atoms with van der Waals surface area (Å²) in [6.45, 7) is 10.3. The van der Waals surface area contributed by atoms with Gasteiger partial charge in [-0.25, -0.2) is 0 Å². The van der Waals surface area contributed by atoms with Crippen molar-refractivity contribution in [3.05, 3.63) is 64.1 Å². The van der Waals surface area contributed by atoms with Crippen LogP contribution in [-0.4, -0.2) is 35.3 Å². The van der Waals surface area contributed by atoms with Gasteiger partial charge in [0.2, 0.25) is 0 Å². The van der Waals surface area contributed by atoms with Crippen molar-refractivity contribution in [2.75, 3.05) is 13.6 Å². The van der Waals surface area contributed by atoms with Crippen LogP contribution in [0.4, 0.5) is 0 Å². The van der Waals surface area contributed by atoms with Gasteiger partial charge < -0.3 is 9.59 Å². The fraction of sp³-hybridized carbons (Fsp3) is 0.455. The van der Waals surface area contributed by atoms with E-state index in [0.29, 0.717) is 17.8 Å². The van der Waals surface area contributed by atoms with Crippen molar-refractivity contribution in [3.63, 3.8) is 0 Å². The Bertz CT molecular complexity index is 674. The molecule has 2 aromatic carbocycles. The van der Waals surface area contributed by atoms with Crippen molar-refractivity contribution in [1.82, 2.24) is 0 Å². The second-order valence-corrected chi connectivity index (χ2v) is 8.63. The summed E-state index contributed by atoms with van der Waals surface area (Å²) in [5, 5.41) is 10.5. The normalized spacial score (nSPS) is 13.4. The van der Waals surface area contributed by atoms with E-state index < -0.39 is 0 Å². The molecule has 1 unspecified atom stereocenters. The van der Waals surface area contributed by atoms with Gasteiger partial charge >= 0.3 is 0 Å². The Labute approximate surface area is 161 Å². The molecule has 1 N–H and O–H groups in total. The van der Waals surface area contributed by atoms with Crippen molar-refractivity contribution >= 4 is 15.9 Å². The van der Waals surface area contributed by atoms with Crippen LogP contribution in [0.25, 0.3) is 0 Å². The molecule has 0 aromatic heterocycles. The standard InChI is InChI=1S/C22H30BrNO/c1-16(2)24(5,17(3)4)14-13-20(18-9-7-6-8-10-18)21-15-19(23)11-12-22(21)25/h6-12,15-17,20H,13-14H2,1-5H3/p+1. The average molecular weight is 405 g/mol. The lowest BCUT2D eigenvalue weighted by atomic mass is 9.87. The van der Waals surface area contributed by atoms with E-state index in [0.717, 1.165) is 27.5 Å². The summed E-state index contributed by atoms with van der Waals surface area (Å²) in [5.74, 6) is 0.564. The second kappa shape index (κ2) is 8.37. The first-order valence-electron chi connectivity index (χ1n) is 9.14. The number of hydrogen-bond acceptors (Lipinski definition) is 1. The maximum atomic E-state index is 10.5. The molecule has 2 nitrogen and oxygen atoms in total. The largest absolute Gasteiger partial charge is 0.508 e. The van der Waals surface area contributed by atoms with Crippen LogP contribution in [0.3, 0.4) is 0 Å². The van der Waals surface area contributed by atoms with E-state index in [4.69, 9.17) is 0 Å². The van der Waals surface area contributed by atoms with Crippen LogP contribution >= 0.6 is 15.9 Å². The van der Waals surface area contributed by atoms with Gasteiger partial charge in [-0.15, -0.1) is 0 Å². The number of hydrogen-bond donors (Lipinski definition) is 1. The zero-order chi connectivity index (χ0) is 18.6. The van der Waals surface area contributed by atoms with Crippen molar-refractivity contribution in [3.8, 4) is 5.75 Å². The lowest BCUT2D eigenvalue weighted by Gasteiger charge is -2.43. The number of halogens is 1. The number of benzene rings is 2. The molecule has 0 aliphatic heterocycles. The maximum Gasteiger partial charge on any atom is 0.119 e. The van der Waals surface area contributed by atoms with E-state index in [2.05, 4.69) is 81.0 Å². The van der Waals surface area contributed by atoms with E-state index in [-0.39, 0.29) is 5.92 Å². The van der Waals surface area contributed by atoms with Crippen LogP contribution in [0.5, 0.6) is 5.75 Å². The predicted octanol–water partition coefficient (Wildman–Crippen LogP) is 5.94. The Morgan fingerprint density at radius 3 is 2.12 bits per heavy atom. The topological polar surface area (TPSA) is 20.2 Å². The van der Waals surface area contributed by atoms with Gasteiger partial charge in [-0.3, -0.25) is 0 Å². The van der Waals surface area contributed by atoms with Crippen LogP contribution in [0.2, 0.25) is 0 Å². The Morgan fingerprint density at radius 1 is 0.960 bits per heavy atom. The van der Waals surface area contributed by atoms with Gasteiger partial charge in [-0.05, 0) is 51.5 Å². The predicted molar refractivity (Wildman–Crippen MR) is 110 cm³/mol. The Balaban J connectivity index is 2.38. The average Bonchev–Trinajstić information content (AvgIpc) is 2.58. The van der Waals surface area contributed by atoms with Crippen molar-refractivity contribution < 1.29 is 9.59 Å². The smallest absolute Gasteiger partial charge is 0.119 e. The summed E-state index contributed by atoms with van der Waals surface area (Å²) < 4.78 is 2.03. The molecular weight excluding hydrogens is 374 g/mol. The molecule has 0 bridgehead atoms. The minimum Gasteiger partial charge on any atom is -0.508 e. The number of rotatable bonds is 7. The highest BCUT2D eigenvalue weighted by molar-refractivity contribution is 9.10. The summed E-state index contributed by atoms with van der Waals surface area (Å²) >= 11 is 3.56. The molecule has 0 saturated carbocycles. The fourth-order valence-corrected chi connectivity index (χ4v) is 3.89. The molecule has 0 radical (unpaired) electrons. The van der Waals surface area contributed by atoms with Crippen LogP contribution in [0.1, 0.15) is 51.2 Å². The molecule has 25 heavy (non-hydrogen) atoms. The Hall–Kier alpha value is -1.32. The molecule has 1 atom stereocenters. The van der Waals surface area contributed by atoms with Crippen LogP contribution in [0.15, 0.2) is 53.0 Å². The molecule has 136 valence electrons. The molecule has 0 aliphatic rings. The highest BCUT2D eigenvalue weighted by atomic mass is 79.9. The molecule has 0 heterocycles. The minimum atomic E-state index is 0.189. The van der Waals surface area contributed by atoms with Crippen molar-refractivity contribution in [2.24, 2.45) is 0 Å². The third-order valence-electron chi connectivity index (χ3n) is 5.83. The summed E-state index contributed by atoms with van der Waals surface area (Å²) in [7, 11) is 2.35. The molecule has 0 amide bonds. The molecular formula is C22H31BrNO+. The third kappa shape index (κ3) is 4.65. The molecule has 0 fully saturated rings. The highest BCUT2D eigenvalue weighted by Crippen LogP contribution is 2.36. The molecule has 3 heteroatoms. The van der Waals surface area contributed by atoms with Gasteiger partial charge in [-0.1, -0.05) is 46.3 Å². The van der Waals surface area contributed by atoms with E-state index >= 15 is 0 Å². The Kier molecular flexibility index (Phi) is 6.70. The molecule has 0 aliphatic carbocycles. The zero-order valence-corrected chi connectivity index (χ0v) is 17.6. The van der Waals surface area contributed by atoms with Crippen molar-refractivity contribution in [2.45, 2.75) is 52.1 Å². The first-order valence-corrected chi connectivity index (χ1v) is 9.93. The maximum absolute atomic E-state index is 10.5. The summed E-state index contributed by atoms with van der Waals surface area (Å²) in [6.07, 6.45) is 1.00.